The third-order valence-corrected chi connectivity index (χ3v) is 5.46. The highest BCUT2D eigenvalue weighted by molar-refractivity contribution is 5.63. The molecule has 0 amide bonds. The highest BCUT2D eigenvalue weighted by Gasteiger charge is 2.23. The van der Waals surface area contributed by atoms with Crippen LogP contribution >= 0.6 is 0 Å². The molecule has 4 nitrogen and oxygen atoms in total. The van der Waals surface area contributed by atoms with Gasteiger partial charge >= 0.3 is 0 Å². The number of piperidine rings is 1. The summed E-state index contributed by atoms with van der Waals surface area (Å²) in [6.07, 6.45) is 2.47. The van der Waals surface area contributed by atoms with Crippen molar-refractivity contribution in [3.8, 4) is 17.2 Å². The third kappa shape index (κ3) is 4.12. The Hall–Kier alpha value is -2.59. The smallest absolute Gasteiger partial charge is 0.230 e. The van der Waals surface area contributed by atoms with Crippen molar-refractivity contribution in [2.45, 2.75) is 39.2 Å². The van der Waals surface area contributed by atoms with Gasteiger partial charge in [-0.25, -0.2) is 4.98 Å². The van der Waals surface area contributed by atoms with Crippen molar-refractivity contribution in [2.75, 3.05) is 19.7 Å². The first-order valence-electron chi connectivity index (χ1n) is 10.2. The summed E-state index contributed by atoms with van der Waals surface area (Å²) in [5.41, 5.74) is 3.38. The maximum Gasteiger partial charge on any atom is 0.230 e. The number of likely N-dealkylation sites (tertiary alicyclic amines) is 1. The molecule has 1 aliphatic rings. The fourth-order valence-corrected chi connectivity index (χ4v) is 4.02. The van der Waals surface area contributed by atoms with Gasteiger partial charge < -0.3 is 9.15 Å². The van der Waals surface area contributed by atoms with Gasteiger partial charge in [-0.1, -0.05) is 42.5 Å². The number of aromatic nitrogens is 1. The van der Waals surface area contributed by atoms with Crippen LogP contribution < -0.4 is 4.74 Å². The number of nitrogens with zero attached hydrogens (tertiary/aromatic N) is 2. The van der Waals surface area contributed by atoms with Crippen LogP contribution in [0, 0.1) is 6.92 Å². The van der Waals surface area contributed by atoms with Gasteiger partial charge in [0.15, 0.2) is 0 Å². The molecular formula is C24H28N2O2. The van der Waals surface area contributed by atoms with Crippen molar-refractivity contribution < 1.29 is 9.15 Å². The molecule has 0 aliphatic carbocycles. The summed E-state index contributed by atoms with van der Waals surface area (Å²) in [5.74, 6) is 2.96. The van der Waals surface area contributed by atoms with Gasteiger partial charge in [0.25, 0.3) is 0 Å². The Morgan fingerprint density at radius 2 is 1.89 bits per heavy atom. The summed E-state index contributed by atoms with van der Waals surface area (Å²) in [7, 11) is 0. The van der Waals surface area contributed by atoms with E-state index in [0.717, 1.165) is 42.4 Å². The van der Waals surface area contributed by atoms with Gasteiger partial charge in [0, 0.05) is 13.1 Å². The Morgan fingerprint density at radius 1 is 1.11 bits per heavy atom. The van der Waals surface area contributed by atoms with Crippen molar-refractivity contribution in [3.63, 3.8) is 0 Å². The molecule has 0 radical (unpaired) electrons. The number of para-hydroxylation sites is 1. The molecule has 0 saturated carbocycles. The van der Waals surface area contributed by atoms with Crippen LogP contribution in [-0.4, -0.2) is 29.6 Å². The first-order chi connectivity index (χ1) is 13.7. The van der Waals surface area contributed by atoms with Crippen molar-refractivity contribution in [2.24, 2.45) is 0 Å². The zero-order chi connectivity index (χ0) is 19.3. The van der Waals surface area contributed by atoms with Gasteiger partial charge in [0.2, 0.25) is 5.89 Å². The third-order valence-electron chi connectivity index (χ3n) is 5.46. The Kier molecular flexibility index (Phi) is 5.77. The quantitative estimate of drug-likeness (QED) is 0.575. The molecule has 2 heterocycles. The van der Waals surface area contributed by atoms with E-state index in [-0.39, 0.29) is 0 Å². The van der Waals surface area contributed by atoms with E-state index in [4.69, 9.17) is 14.1 Å². The van der Waals surface area contributed by atoms with Crippen LogP contribution in [-0.2, 0) is 6.54 Å². The molecule has 1 atom stereocenters. The van der Waals surface area contributed by atoms with E-state index < -0.39 is 0 Å². The zero-order valence-electron chi connectivity index (χ0n) is 16.7. The Bertz CT molecular complexity index is 904. The number of aryl methyl sites for hydroxylation is 1. The molecular weight excluding hydrogens is 348 g/mol. The number of ether oxygens (including phenoxy) is 1. The van der Waals surface area contributed by atoms with Gasteiger partial charge in [-0.3, -0.25) is 4.90 Å². The second-order valence-corrected chi connectivity index (χ2v) is 7.44. The monoisotopic (exact) mass is 376 g/mol. The zero-order valence-corrected chi connectivity index (χ0v) is 16.7. The normalized spacial score (nSPS) is 17.6. The summed E-state index contributed by atoms with van der Waals surface area (Å²) in [4.78, 5) is 7.33. The van der Waals surface area contributed by atoms with E-state index in [0.29, 0.717) is 18.4 Å². The van der Waals surface area contributed by atoms with Crippen molar-refractivity contribution in [1.29, 1.82) is 0 Å². The Balaban J connectivity index is 1.50. The lowest BCUT2D eigenvalue weighted by molar-refractivity contribution is 0.197. The summed E-state index contributed by atoms with van der Waals surface area (Å²) >= 11 is 0. The average molecular weight is 377 g/mol. The van der Waals surface area contributed by atoms with Gasteiger partial charge in [-0.15, -0.1) is 0 Å². The summed E-state index contributed by atoms with van der Waals surface area (Å²) < 4.78 is 11.8. The molecule has 1 aliphatic heterocycles. The average Bonchev–Trinajstić information content (AvgIpc) is 3.10. The lowest BCUT2D eigenvalue weighted by Gasteiger charge is -2.32. The molecule has 4 rings (SSSR count). The second kappa shape index (κ2) is 8.61. The summed E-state index contributed by atoms with van der Waals surface area (Å²) in [6.45, 7) is 7.63. The highest BCUT2D eigenvalue weighted by Crippen LogP contribution is 2.32. The van der Waals surface area contributed by atoms with Crippen LogP contribution in [0.5, 0.6) is 5.75 Å². The number of hydrogen-bond donors (Lipinski definition) is 0. The van der Waals surface area contributed by atoms with E-state index in [1.807, 2.05) is 38.1 Å². The predicted octanol–water partition coefficient (Wildman–Crippen LogP) is 5.43. The molecule has 1 aromatic heterocycles. The maximum absolute atomic E-state index is 6.02. The standard InChI is InChI=1S/C24H28N2O2/c1-3-27-23-14-8-7-13-21(23)24-25-22(18(2)28-24)17-26-15-9-12-20(16-26)19-10-5-4-6-11-19/h4-8,10-11,13-14,20H,3,9,12,15-17H2,1-2H3/t20-/m1/s1. The van der Waals surface area contributed by atoms with Crippen LogP contribution in [0.15, 0.2) is 59.0 Å². The van der Waals surface area contributed by atoms with Crippen molar-refractivity contribution >= 4 is 0 Å². The minimum atomic E-state index is 0.598. The number of hydrogen-bond acceptors (Lipinski definition) is 4. The minimum absolute atomic E-state index is 0.598. The molecule has 0 N–H and O–H groups in total. The van der Waals surface area contributed by atoms with E-state index in [1.165, 1.54) is 18.4 Å². The van der Waals surface area contributed by atoms with Crippen LogP contribution in [0.3, 0.4) is 0 Å². The van der Waals surface area contributed by atoms with Crippen molar-refractivity contribution in [3.05, 3.63) is 71.6 Å². The van der Waals surface area contributed by atoms with Gasteiger partial charge in [-0.2, -0.15) is 0 Å². The van der Waals surface area contributed by atoms with Gasteiger partial charge in [0.1, 0.15) is 11.5 Å². The molecule has 0 spiro atoms. The largest absolute Gasteiger partial charge is 0.493 e. The van der Waals surface area contributed by atoms with Crippen LogP contribution in [0.4, 0.5) is 0 Å². The molecule has 146 valence electrons. The molecule has 0 bridgehead atoms. The fraction of sp³-hybridized carbons (Fsp3) is 0.375. The topological polar surface area (TPSA) is 38.5 Å². The predicted molar refractivity (Wildman–Crippen MR) is 112 cm³/mol. The minimum Gasteiger partial charge on any atom is -0.493 e. The second-order valence-electron chi connectivity index (χ2n) is 7.44. The van der Waals surface area contributed by atoms with Gasteiger partial charge in [0.05, 0.1) is 17.9 Å². The lowest BCUT2D eigenvalue weighted by atomic mass is 9.90. The van der Waals surface area contributed by atoms with Crippen LogP contribution in [0.25, 0.3) is 11.5 Å². The molecule has 4 heteroatoms. The highest BCUT2D eigenvalue weighted by atomic mass is 16.5. The summed E-state index contributed by atoms with van der Waals surface area (Å²) in [5, 5.41) is 0. The molecule has 3 aromatic rings. The van der Waals surface area contributed by atoms with Crippen LogP contribution in [0.2, 0.25) is 0 Å². The first kappa shape index (κ1) is 18.8. The Labute approximate surface area is 167 Å². The first-order valence-corrected chi connectivity index (χ1v) is 10.2. The fourth-order valence-electron chi connectivity index (χ4n) is 4.02. The molecule has 28 heavy (non-hydrogen) atoms. The number of rotatable bonds is 6. The SMILES string of the molecule is CCOc1ccccc1-c1nc(CN2CCC[C@@H](c3ccccc3)C2)c(C)o1. The molecule has 0 unspecified atom stereocenters. The number of benzene rings is 2. The summed E-state index contributed by atoms with van der Waals surface area (Å²) in [6, 6.07) is 18.8. The van der Waals surface area contributed by atoms with E-state index in [9.17, 15) is 0 Å². The van der Waals surface area contributed by atoms with E-state index >= 15 is 0 Å². The Morgan fingerprint density at radius 3 is 2.71 bits per heavy atom. The van der Waals surface area contributed by atoms with E-state index in [1.54, 1.807) is 0 Å². The lowest BCUT2D eigenvalue weighted by Crippen LogP contribution is -2.34. The van der Waals surface area contributed by atoms with Gasteiger partial charge in [-0.05, 0) is 56.8 Å². The van der Waals surface area contributed by atoms with Crippen LogP contribution in [0.1, 0.15) is 42.7 Å². The van der Waals surface area contributed by atoms with E-state index in [2.05, 4.69) is 35.2 Å². The molecule has 2 aromatic carbocycles. The molecule has 1 saturated heterocycles. The molecule has 1 fully saturated rings. The van der Waals surface area contributed by atoms with Crippen molar-refractivity contribution in [1.82, 2.24) is 9.88 Å². The maximum atomic E-state index is 6.02. The number of oxazole rings is 1.